The van der Waals surface area contributed by atoms with Gasteiger partial charge in [-0.05, 0) is 26.3 Å². The van der Waals surface area contributed by atoms with Gasteiger partial charge in [0.05, 0.1) is 18.6 Å². The fraction of sp³-hybridized carbons (Fsp3) is 0.909. The van der Waals surface area contributed by atoms with Crippen LogP contribution in [0, 0.1) is 5.41 Å². The van der Waals surface area contributed by atoms with Crippen LogP contribution in [-0.4, -0.2) is 60.4 Å². The molecule has 0 aliphatic carbocycles. The minimum absolute atomic E-state index is 0.0304. The number of aliphatic hydroxyl groups excluding tert-OH is 2. The second-order valence-electron chi connectivity index (χ2n) is 4.58. The Bertz CT molecular complexity index is 221. The lowest BCUT2D eigenvalue weighted by Crippen LogP contribution is -2.51. The van der Waals surface area contributed by atoms with Gasteiger partial charge in [0, 0.05) is 19.6 Å². The van der Waals surface area contributed by atoms with Crippen molar-refractivity contribution in [2.45, 2.75) is 19.8 Å². The van der Waals surface area contributed by atoms with Gasteiger partial charge in [0.15, 0.2) is 0 Å². The molecule has 1 atom stereocenters. The monoisotopic (exact) mass is 230 g/mol. The maximum Gasteiger partial charge on any atom is 0.229 e. The van der Waals surface area contributed by atoms with Crippen LogP contribution in [0.2, 0.25) is 0 Å². The first kappa shape index (κ1) is 13.4. The number of carbonyl (C=O) groups is 1. The number of piperidine rings is 1. The van der Waals surface area contributed by atoms with Gasteiger partial charge in [-0.2, -0.15) is 0 Å². The number of nitrogens with zero attached hydrogens (tertiary/aromatic N) is 1. The number of hydrogen-bond acceptors (Lipinski definition) is 4. The predicted octanol–water partition coefficient (Wildman–Crippen LogP) is -0.811. The number of rotatable bonds is 5. The largest absolute Gasteiger partial charge is 0.395 e. The molecule has 1 heterocycles. The predicted molar refractivity (Wildman–Crippen MR) is 61.0 cm³/mol. The van der Waals surface area contributed by atoms with Crippen LogP contribution in [-0.2, 0) is 4.79 Å². The maximum atomic E-state index is 12.3. The molecule has 1 aliphatic rings. The van der Waals surface area contributed by atoms with Gasteiger partial charge in [-0.1, -0.05) is 0 Å². The van der Waals surface area contributed by atoms with Crippen LogP contribution < -0.4 is 5.32 Å². The first-order chi connectivity index (χ1) is 7.64. The summed E-state index contributed by atoms with van der Waals surface area (Å²) in [4.78, 5) is 13.8. The minimum Gasteiger partial charge on any atom is -0.395 e. The molecule has 5 nitrogen and oxygen atoms in total. The number of amides is 1. The van der Waals surface area contributed by atoms with Gasteiger partial charge in [-0.25, -0.2) is 0 Å². The lowest BCUT2D eigenvalue weighted by atomic mass is 9.81. The van der Waals surface area contributed by atoms with Crippen molar-refractivity contribution in [2.75, 3.05) is 39.4 Å². The molecule has 1 rings (SSSR count). The van der Waals surface area contributed by atoms with Gasteiger partial charge in [0.1, 0.15) is 0 Å². The van der Waals surface area contributed by atoms with E-state index in [0.29, 0.717) is 19.6 Å². The molecular weight excluding hydrogens is 208 g/mol. The van der Waals surface area contributed by atoms with E-state index in [9.17, 15) is 4.79 Å². The molecule has 0 aromatic carbocycles. The van der Waals surface area contributed by atoms with E-state index in [-0.39, 0.29) is 24.5 Å². The third-order valence-electron chi connectivity index (χ3n) is 3.14. The molecule has 1 unspecified atom stereocenters. The Labute approximate surface area is 96.4 Å². The van der Waals surface area contributed by atoms with Crippen molar-refractivity contribution in [1.82, 2.24) is 10.2 Å². The highest BCUT2D eigenvalue weighted by atomic mass is 16.3. The summed E-state index contributed by atoms with van der Waals surface area (Å²) >= 11 is 0. The van der Waals surface area contributed by atoms with Crippen molar-refractivity contribution in [3.8, 4) is 0 Å². The Balaban J connectivity index is 2.63. The van der Waals surface area contributed by atoms with Crippen molar-refractivity contribution < 1.29 is 15.0 Å². The third kappa shape index (κ3) is 3.17. The van der Waals surface area contributed by atoms with Crippen molar-refractivity contribution in [3.63, 3.8) is 0 Å². The zero-order chi connectivity index (χ0) is 12.0. The highest BCUT2D eigenvalue weighted by Gasteiger charge is 2.37. The van der Waals surface area contributed by atoms with Gasteiger partial charge in [-0.15, -0.1) is 0 Å². The second kappa shape index (κ2) is 6.18. The molecule has 1 aliphatic heterocycles. The Hall–Kier alpha value is -0.650. The molecule has 1 amide bonds. The van der Waals surface area contributed by atoms with Crippen molar-refractivity contribution in [2.24, 2.45) is 5.41 Å². The summed E-state index contributed by atoms with van der Waals surface area (Å²) in [5.74, 6) is 0.0304. The average molecular weight is 230 g/mol. The van der Waals surface area contributed by atoms with Gasteiger partial charge >= 0.3 is 0 Å². The summed E-state index contributed by atoms with van der Waals surface area (Å²) in [7, 11) is 0. The molecule has 3 N–H and O–H groups in total. The standard InChI is InChI=1S/C11H22N2O3/c1-11(3-2-4-12-9-11)10(16)13(5-7-14)6-8-15/h12,14-15H,2-9H2,1H3. The molecule has 16 heavy (non-hydrogen) atoms. The van der Waals surface area contributed by atoms with Gasteiger partial charge < -0.3 is 20.4 Å². The molecular formula is C11H22N2O3. The third-order valence-corrected chi connectivity index (χ3v) is 3.14. The molecule has 0 spiro atoms. The lowest BCUT2D eigenvalue weighted by molar-refractivity contribution is -0.143. The van der Waals surface area contributed by atoms with Crippen molar-refractivity contribution in [3.05, 3.63) is 0 Å². The van der Waals surface area contributed by atoms with Crippen LogP contribution in [0.25, 0.3) is 0 Å². The molecule has 0 aromatic rings. The number of nitrogens with one attached hydrogen (secondary N) is 1. The SMILES string of the molecule is CC1(C(=O)N(CCO)CCO)CCCNC1. The summed E-state index contributed by atoms with van der Waals surface area (Å²) in [5, 5.41) is 21.0. The molecule has 0 bridgehead atoms. The van der Waals surface area contributed by atoms with Gasteiger partial charge in [0.25, 0.3) is 0 Å². The molecule has 1 saturated heterocycles. The van der Waals surface area contributed by atoms with Crippen LogP contribution in [0.5, 0.6) is 0 Å². The topological polar surface area (TPSA) is 72.8 Å². The Morgan fingerprint density at radius 3 is 2.44 bits per heavy atom. The molecule has 0 saturated carbocycles. The summed E-state index contributed by atoms with van der Waals surface area (Å²) in [6.45, 7) is 4.07. The summed E-state index contributed by atoms with van der Waals surface area (Å²) < 4.78 is 0. The molecule has 94 valence electrons. The zero-order valence-corrected chi connectivity index (χ0v) is 9.91. The van der Waals surface area contributed by atoms with E-state index in [1.54, 1.807) is 4.90 Å². The summed E-state index contributed by atoms with van der Waals surface area (Å²) in [6, 6.07) is 0. The molecule has 5 heteroatoms. The summed E-state index contributed by atoms with van der Waals surface area (Å²) in [5.41, 5.74) is -0.386. The fourth-order valence-electron chi connectivity index (χ4n) is 2.18. The maximum absolute atomic E-state index is 12.3. The normalized spacial score (nSPS) is 25.4. The minimum atomic E-state index is -0.386. The van der Waals surface area contributed by atoms with Crippen LogP contribution >= 0.6 is 0 Å². The van der Waals surface area contributed by atoms with E-state index >= 15 is 0 Å². The van der Waals surface area contributed by atoms with Crippen LogP contribution in [0.15, 0.2) is 0 Å². The van der Waals surface area contributed by atoms with E-state index in [0.717, 1.165) is 19.4 Å². The smallest absolute Gasteiger partial charge is 0.229 e. The first-order valence-electron chi connectivity index (χ1n) is 5.86. The van der Waals surface area contributed by atoms with Gasteiger partial charge in [-0.3, -0.25) is 4.79 Å². The Kier molecular flexibility index (Phi) is 5.18. The molecule has 0 radical (unpaired) electrons. The Morgan fingerprint density at radius 2 is 2.00 bits per heavy atom. The van der Waals surface area contributed by atoms with E-state index in [1.807, 2.05) is 6.92 Å². The Morgan fingerprint density at radius 1 is 1.38 bits per heavy atom. The number of carbonyl (C=O) groups excluding carboxylic acids is 1. The van der Waals surface area contributed by atoms with E-state index in [2.05, 4.69) is 5.32 Å². The number of hydrogen-bond donors (Lipinski definition) is 3. The highest BCUT2D eigenvalue weighted by molar-refractivity contribution is 5.82. The number of aliphatic hydroxyl groups is 2. The fourth-order valence-corrected chi connectivity index (χ4v) is 2.18. The highest BCUT2D eigenvalue weighted by Crippen LogP contribution is 2.27. The van der Waals surface area contributed by atoms with Crippen molar-refractivity contribution >= 4 is 5.91 Å². The van der Waals surface area contributed by atoms with Crippen LogP contribution in [0.3, 0.4) is 0 Å². The van der Waals surface area contributed by atoms with Crippen LogP contribution in [0.4, 0.5) is 0 Å². The second-order valence-corrected chi connectivity index (χ2v) is 4.58. The van der Waals surface area contributed by atoms with E-state index in [1.165, 1.54) is 0 Å². The zero-order valence-electron chi connectivity index (χ0n) is 9.91. The van der Waals surface area contributed by atoms with E-state index in [4.69, 9.17) is 10.2 Å². The molecule has 0 aromatic heterocycles. The summed E-state index contributed by atoms with van der Waals surface area (Å²) in [6.07, 6.45) is 1.86. The first-order valence-corrected chi connectivity index (χ1v) is 5.86. The van der Waals surface area contributed by atoms with Crippen LogP contribution in [0.1, 0.15) is 19.8 Å². The van der Waals surface area contributed by atoms with Gasteiger partial charge in [0.2, 0.25) is 5.91 Å². The molecule has 1 fully saturated rings. The quantitative estimate of drug-likeness (QED) is 0.577. The lowest BCUT2D eigenvalue weighted by Gasteiger charge is -2.37. The van der Waals surface area contributed by atoms with Crippen molar-refractivity contribution in [1.29, 1.82) is 0 Å². The average Bonchev–Trinajstić information content (AvgIpc) is 2.29. The van der Waals surface area contributed by atoms with E-state index < -0.39 is 0 Å².